The Morgan fingerprint density at radius 1 is 1.00 bits per heavy atom. The molecule has 0 bridgehead atoms. The van der Waals surface area contributed by atoms with E-state index in [1.54, 1.807) is 19.2 Å². The zero-order chi connectivity index (χ0) is 22.3. The van der Waals surface area contributed by atoms with E-state index >= 15 is 0 Å². The summed E-state index contributed by atoms with van der Waals surface area (Å²) >= 11 is 7.42. The van der Waals surface area contributed by atoms with Crippen molar-refractivity contribution in [3.8, 4) is 5.75 Å². The van der Waals surface area contributed by atoms with Crippen molar-refractivity contribution in [2.45, 2.75) is 5.03 Å². The van der Waals surface area contributed by atoms with Crippen molar-refractivity contribution in [3.05, 3.63) is 65.7 Å². The lowest BCUT2D eigenvalue weighted by Gasteiger charge is -2.37. The Morgan fingerprint density at radius 3 is 2.44 bits per heavy atom. The summed E-state index contributed by atoms with van der Waals surface area (Å²) < 4.78 is 5.49. The van der Waals surface area contributed by atoms with Crippen LogP contribution in [0.15, 0.2) is 65.7 Å². The second kappa shape index (κ2) is 10.6. The topological polar surface area (TPSA) is 70.6 Å². The smallest absolute Gasteiger partial charge is 0.234 e. The number of benzene rings is 2. The van der Waals surface area contributed by atoms with E-state index in [9.17, 15) is 4.79 Å². The molecule has 2 heterocycles. The number of halogens is 1. The van der Waals surface area contributed by atoms with Gasteiger partial charge < -0.3 is 19.9 Å². The minimum Gasteiger partial charge on any atom is -0.495 e. The summed E-state index contributed by atoms with van der Waals surface area (Å²) in [5.41, 5.74) is 1.72. The van der Waals surface area contributed by atoms with Gasteiger partial charge in [0.2, 0.25) is 5.91 Å². The quantitative estimate of drug-likeness (QED) is 0.520. The number of rotatable bonds is 7. The van der Waals surface area contributed by atoms with E-state index in [-0.39, 0.29) is 11.7 Å². The molecule has 32 heavy (non-hydrogen) atoms. The minimum absolute atomic E-state index is 0.138. The molecule has 1 amide bonds. The minimum atomic E-state index is -0.138. The summed E-state index contributed by atoms with van der Waals surface area (Å²) in [4.78, 5) is 16.7. The van der Waals surface area contributed by atoms with Crippen molar-refractivity contribution < 1.29 is 9.53 Å². The Morgan fingerprint density at radius 2 is 1.72 bits per heavy atom. The van der Waals surface area contributed by atoms with E-state index in [0.29, 0.717) is 15.7 Å². The maximum atomic E-state index is 12.2. The lowest BCUT2D eigenvalue weighted by Crippen LogP contribution is -2.47. The first kappa shape index (κ1) is 22.2. The molecule has 1 aliphatic heterocycles. The van der Waals surface area contributed by atoms with Gasteiger partial charge in [-0.3, -0.25) is 4.79 Å². The number of carbonyl (C=O) groups excluding carboxylic acids is 1. The van der Waals surface area contributed by atoms with Gasteiger partial charge in [0.1, 0.15) is 10.8 Å². The Hall–Kier alpha value is -2.97. The van der Waals surface area contributed by atoms with Crippen LogP contribution in [0.1, 0.15) is 0 Å². The normalized spacial score (nSPS) is 13.7. The molecule has 4 rings (SSSR count). The van der Waals surface area contributed by atoms with Gasteiger partial charge in [-0.1, -0.05) is 47.6 Å². The Kier molecular flexibility index (Phi) is 7.34. The summed E-state index contributed by atoms with van der Waals surface area (Å²) in [6.45, 7) is 3.44. The van der Waals surface area contributed by atoms with Gasteiger partial charge in [0.05, 0.1) is 29.3 Å². The Labute approximate surface area is 196 Å². The number of thioether (sulfide) groups is 1. The number of nitrogens with one attached hydrogen (secondary N) is 1. The number of nitrogens with zero attached hydrogens (tertiary/aromatic N) is 4. The molecule has 0 unspecified atom stereocenters. The number of aromatic nitrogens is 2. The van der Waals surface area contributed by atoms with Crippen LogP contribution in [0, 0.1) is 0 Å². The van der Waals surface area contributed by atoms with Crippen molar-refractivity contribution in [3.63, 3.8) is 0 Å². The summed E-state index contributed by atoms with van der Waals surface area (Å²) in [6.07, 6.45) is 0. The molecule has 166 valence electrons. The number of hydrogen-bond acceptors (Lipinski definition) is 7. The number of piperazine rings is 1. The highest BCUT2D eigenvalue weighted by atomic mass is 35.5. The number of amides is 1. The average molecular weight is 470 g/mol. The van der Waals surface area contributed by atoms with E-state index in [1.807, 2.05) is 42.5 Å². The first-order valence-electron chi connectivity index (χ1n) is 10.3. The molecule has 1 aliphatic rings. The summed E-state index contributed by atoms with van der Waals surface area (Å²) in [5.74, 6) is 1.83. The molecule has 3 aromatic rings. The zero-order valence-corrected chi connectivity index (χ0v) is 19.3. The second-order valence-corrected chi connectivity index (χ2v) is 8.60. The van der Waals surface area contributed by atoms with Crippen molar-refractivity contribution in [2.24, 2.45) is 0 Å². The summed E-state index contributed by atoms with van der Waals surface area (Å²) in [7, 11) is 1.70. The van der Waals surface area contributed by atoms with Gasteiger partial charge in [-0.05, 0) is 36.4 Å². The van der Waals surface area contributed by atoms with Crippen LogP contribution in [0.3, 0.4) is 0 Å². The van der Waals surface area contributed by atoms with Crippen molar-refractivity contribution in [1.29, 1.82) is 0 Å². The third kappa shape index (κ3) is 5.44. The standard InChI is InChI=1S/C23H24ClN5O2S/c1-31-20-9-5-4-8-19(20)28-12-14-29(15-13-28)21-10-11-23(27-26-21)32-16-22(30)25-18-7-3-2-6-17(18)24/h2-11H,12-16H2,1H3,(H,25,30). The number of para-hydroxylation sites is 3. The van der Waals surface area contributed by atoms with E-state index in [4.69, 9.17) is 16.3 Å². The van der Waals surface area contributed by atoms with Crippen molar-refractivity contribution in [2.75, 3.05) is 54.2 Å². The van der Waals surface area contributed by atoms with Crippen LogP contribution in [-0.4, -0.2) is 55.1 Å². The van der Waals surface area contributed by atoms with E-state index in [1.165, 1.54) is 11.8 Å². The molecule has 0 spiro atoms. The van der Waals surface area contributed by atoms with Crippen molar-refractivity contribution in [1.82, 2.24) is 10.2 Å². The monoisotopic (exact) mass is 469 g/mol. The SMILES string of the molecule is COc1ccccc1N1CCN(c2ccc(SCC(=O)Nc3ccccc3Cl)nn2)CC1. The highest BCUT2D eigenvalue weighted by Gasteiger charge is 2.20. The van der Waals surface area contributed by atoms with E-state index < -0.39 is 0 Å². The van der Waals surface area contributed by atoms with Crippen LogP contribution in [0.4, 0.5) is 17.2 Å². The van der Waals surface area contributed by atoms with Crippen LogP contribution >= 0.6 is 23.4 Å². The predicted molar refractivity (Wildman–Crippen MR) is 130 cm³/mol. The number of methoxy groups -OCH3 is 1. The molecule has 1 N–H and O–H groups in total. The molecule has 1 saturated heterocycles. The van der Waals surface area contributed by atoms with Crippen LogP contribution in [-0.2, 0) is 4.79 Å². The lowest BCUT2D eigenvalue weighted by atomic mass is 10.2. The maximum absolute atomic E-state index is 12.2. The molecule has 7 nitrogen and oxygen atoms in total. The van der Waals surface area contributed by atoms with Gasteiger partial charge in [-0.15, -0.1) is 10.2 Å². The predicted octanol–water partition coefficient (Wildman–Crippen LogP) is 4.20. The van der Waals surface area contributed by atoms with Crippen molar-refractivity contribution >= 4 is 46.5 Å². The highest BCUT2D eigenvalue weighted by molar-refractivity contribution is 7.99. The molecule has 1 aromatic heterocycles. The summed E-state index contributed by atoms with van der Waals surface area (Å²) in [5, 5.41) is 12.7. The Bertz CT molecular complexity index is 1060. The maximum Gasteiger partial charge on any atom is 0.234 e. The number of ether oxygens (including phenoxy) is 1. The third-order valence-electron chi connectivity index (χ3n) is 5.15. The summed E-state index contributed by atoms with van der Waals surface area (Å²) in [6, 6.07) is 19.1. The van der Waals surface area contributed by atoms with Gasteiger partial charge >= 0.3 is 0 Å². The largest absolute Gasteiger partial charge is 0.495 e. The lowest BCUT2D eigenvalue weighted by molar-refractivity contribution is -0.113. The molecule has 2 aromatic carbocycles. The molecule has 0 radical (unpaired) electrons. The van der Waals surface area contributed by atoms with Gasteiger partial charge in [-0.2, -0.15) is 0 Å². The molecule has 1 fully saturated rings. The van der Waals surface area contributed by atoms with Gasteiger partial charge in [0.25, 0.3) is 0 Å². The fourth-order valence-electron chi connectivity index (χ4n) is 3.51. The van der Waals surface area contributed by atoms with Gasteiger partial charge in [0.15, 0.2) is 5.82 Å². The van der Waals surface area contributed by atoms with E-state index in [0.717, 1.165) is 43.4 Å². The molecule has 0 atom stereocenters. The average Bonchev–Trinajstić information content (AvgIpc) is 2.84. The molecule has 9 heteroatoms. The van der Waals surface area contributed by atoms with Crippen LogP contribution in [0.5, 0.6) is 5.75 Å². The number of anilines is 3. The first-order chi connectivity index (χ1) is 15.6. The molecular weight excluding hydrogens is 446 g/mol. The Balaban J connectivity index is 1.28. The number of carbonyl (C=O) groups is 1. The van der Waals surface area contributed by atoms with Gasteiger partial charge in [0, 0.05) is 26.2 Å². The first-order valence-corrected chi connectivity index (χ1v) is 11.6. The second-order valence-electron chi connectivity index (χ2n) is 7.19. The van der Waals surface area contributed by atoms with Crippen LogP contribution in [0.25, 0.3) is 0 Å². The van der Waals surface area contributed by atoms with Crippen LogP contribution in [0.2, 0.25) is 5.02 Å². The molecule has 0 aliphatic carbocycles. The zero-order valence-electron chi connectivity index (χ0n) is 17.7. The fraction of sp³-hybridized carbons (Fsp3) is 0.261. The fourth-order valence-corrected chi connectivity index (χ4v) is 4.31. The molecule has 0 saturated carbocycles. The highest BCUT2D eigenvalue weighted by Crippen LogP contribution is 2.29. The third-order valence-corrected chi connectivity index (χ3v) is 6.40. The number of hydrogen-bond donors (Lipinski definition) is 1. The van der Waals surface area contributed by atoms with Crippen LogP contribution < -0.4 is 19.9 Å². The van der Waals surface area contributed by atoms with Gasteiger partial charge in [-0.25, -0.2) is 0 Å². The van der Waals surface area contributed by atoms with E-state index in [2.05, 4.69) is 31.4 Å². The molecular formula is C23H24ClN5O2S.